The number of amides is 1. The molecule has 0 radical (unpaired) electrons. The van der Waals surface area contributed by atoms with Gasteiger partial charge in [0.15, 0.2) is 6.61 Å². The number of nitrogens with two attached hydrogens (primary N) is 1. The number of aromatic nitrogens is 1. The third kappa shape index (κ3) is 5.84. The molecule has 0 aliphatic carbocycles. The summed E-state index contributed by atoms with van der Waals surface area (Å²) in [6.45, 7) is -0.496. The Morgan fingerprint density at radius 3 is 2.64 bits per heavy atom. The lowest BCUT2D eigenvalue weighted by Gasteiger charge is -2.15. The van der Waals surface area contributed by atoms with E-state index in [1.807, 2.05) is 0 Å². The fraction of sp³-hybridized carbons (Fsp3) is 0.538. The van der Waals surface area contributed by atoms with E-state index in [4.69, 9.17) is 5.73 Å². The molecule has 1 aromatic heterocycles. The maximum atomic E-state index is 12.7. The SMILES string of the molecule is NCCCCNC(=O)c1ccc(OCC(F)(F)C(F)F)nc1. The second-order valence-corrected chi connectivity index (χ2v) is 4.49. The predicted octanol–water partition coefficient (Wildman–Crippen LogP) is 1.83. The van der Waals surface area contributed by atoms with Crippen LogP contribution in [0, 0.1) is 0 Å². The largest absolute Gasteiger partial charge is 0.471 e. The van der Waals surface area contributed by atoms with Crippen molar-refractivity contribution in [3.8, 4) is 5.88 Å². The summed E-state index contributed by atoms with van der Waals surface area (Å²) in [5, 5.41) is 2.63. The van der Waals surface area contributed by atoms with Crippen LogP contribution in [0.25, 0.3) is 0 Å². The topological polar surface area (TPSA) is 77.2 Å². The average Bonchev–Trinajstić information content (AvgIpc) is 2.50. The number of rotatable bonds is 9. The first-order valence-corrected chi connectivity index (χ1v) is 6.60. The van der Waals surface area contributed by atoms with E-state index in [-0.39, 0.29) is 17.4 Å². The van der Waals surface area contributed by atoms with Crippen LogP contribution in [-0.4, -0.2) is 42.9 Å². The molecule has 0 fully saturated rings. The van der Waals surface area contributed by atoms with Crippen molar-refractivity contribution in [2.24, 2.45) is 5.73 Å². The maximum absolute atomic E-state index is 12.7. The smallest absolute Gasteiger partial charge is 0.340 e. The number of halogens is 4. The Kier molecular flexibility index (Phi) is 7.03. The van der Waals surface area contributed by atoms with Crippen LogP contribution in [0.4, 0.5) is 17.6 Å². The lowest BCUT2D eigenvalue weighted by molar-refractivity contribution is -0.148. The number of hydrogen-bond acceptors (Lipinski definition) is 4. The Labute approximate surface area is 124 Å². The summed E-state index contributed by atoms with van der Waals surface area (Å²) in [5.74, 6) is -4.89. The summed E-state index contributed by atoms with van der Waals surface area (Å²) in [5.41, 5.74) is 5.52. The highest BCUT2D eigenvalue weighted by molar-refractivity contribution is 5.93. The Hall–Kier alpha value is -1.90. The van der Waals surface area contributed by atoms with Crippen LogP contribution >= 0.6 is 0 Å². The first-order valence-electron chi connectivity index (χ1n) is 6.60. The van der Waals surface area contributed by atoms with Gasteiger partial charge in [0.05, 0.1) is 5.56 Å². The molecule has 9 heteroatoms. The minimum absolute atomic E-state index is 0.209. The minimum Gasteiger partial charge on any atom is -0.471 e. The highest BCUT2D eigenvalue weighted by Crippen LogP contribution is 2.23. The second-order valence-electron chi connectivity index (χ2n) is 4.49. The zero-order chi connectivity index (χ0) is 16.6. The summed E-state index contributed by atoms with van der Waals surface area (Å²) in [4.78, 5) is 15.3. The van der Waals surface area contributed by atoms with Gasteiger partial charge >= 0.3 is 12.3 Å². The van der Waals surface area contributed by atoms with Crippen molar-refractivity contribution in [2.45, 2.75) is 25.2 Å². The van der Waals surface area contributed by atoms with Crippen molar-refractivity contribution in [3.63, 3.8) is 0 Å². The van der Waals surface area contributed by atoms with Crippen LogP contribution in [0.3, 0.4) is 0 Å². The van der Waals surface area contributed by atoms with E-state index < -0.39 is 19.0 Å². The molecule has 3 N–H and O–H groups in total. The molecule has 0 aliphatic rings. The molecule has 124 valence electrons. The Morgan fingerprint density at radius 2 is 2.09 bits per heavy atom. The van der Waals surface area contributed by atoms with Gasteiger partial charge in [-0.2, -0.15) is 8.78 Å². The van der Waals surface area contributed by atoms with Crippen molar-refractivity contribution < 1.29 is 27.1 Å². The molecule has 1 heterocycles. The molecule has 0 aliphatic heterocycles. The van der Waals surface area contributed by atoms with Crippen LogP contribution < -0.4 is 15.8 Å². The van der Waals surface area contributed by atoms with E-state index in [2.05, 4.69) is 15.0 Å². The lowest BCUT2D eigenvalue weighted by atomic mass is 10.2. The molecule has 0 atom stereocenters. The summed E-state index contributed by atoms with van der Waals surface area (Å²) in [6, 6.07) is 2.47. The van der Waals surface area contributed by atoms with E-state index in [0.717, 1.165) is 25.1 Å². The van der Waals surface area contributed by atoms with Gasteiger partial charge in [-0.25, -0.2) is 13.8 Å². The molecule has 22 heavy (non-hydrogen) atoms. The number of nitrogens with zero attached hydrogens (tertiary/aromatic N) is 1. The van der Waals surface area contributed by atoms with Gasteiger partial charge < -0.3 is 15.8 Å². The molecular formula is C13H17F4N3O2. The van der Waals surface area contributed by atoms with E-state index >= 15 is 0 Å². The number of carbonyl (C=O) groups excluding carboxylic acids is 1. The highest BCUT2D eigenvalue weighted by Gasteiger charge is 2.41. The van der Waals surface area contributed by atoms with Gasteiger partial charge in [-0.15, -0.1) is 0 Å². The molecule has 1 amide bonds. The highest BCUT2D eigenvalue weighted by atomic mass is 19.3. The normalized spacial score (nSPS) is 11.5. The molecule has 1 aromatic rings. The van der Waals surface area contributed by atoms with E-state index in [1.165, 1.54) is 6.07 Å². The molecular weight excluding hydrogens is 306 g/mol. The Balaban J connectivity index is 2.47. The van der Waals surface area contributed by atoms with Gasteiger partial charge in [0, 0.05) is 18.8 Å². The summed E-state index contributed by atoms with van der Waals surface area (Å²) in [6.07, 6.45) is -1.18. The summed E-state index contributed by atoms with van der Waals surface area (Å²) >= 11 is 0. The second kappa shape index (κ2) is 8.52. The predicted molar refractivity (Wildman–Crippen MR) is 71.3 cm³/mol. The van der Waals surface area contributed by atoms with Crippen LogP contribution in [0.15, 0.2) is 18.3 Å². The van der Waals surface area contributed by atoms with Crippen molar-refractivity contribution in [3.05, 3.63) is 23.9 Å². The zero-order valence-corrected chi connectivity index (χ0v) is 11.7. The number of alkyl halides is 4. The standard InChI is InChI=1S/C13H17F4N3O2/c14-12(15)13(16,17)8-22-10-4-3-9(7-20-10)11(21)19-6-2-1-5-18/h3-4,7,12H,1-2,5-6,8,18H2,(H,19,21). The Bertz CT molecular complexity index is 469. The van der Waals surface area contributed by atoms with Crippen molar-refractivity contribution in [1.29, 1.82) is 0 Å². The minimum atomic E-state index is -4.25. The van der Waals surface area contributed by atoms with Gasteiger partial charge in [0.1, 0.15) is 0 Å². The summed E-state index contributed by atoms with van der Waals surface area (Å²) < 4.78 is 53.7. The van der Waals surface area contributed by atoms with Crippen molar-refractivity contribution in [1.82, 2.24) is 10.3 Å². The van der Waals surface area contributed by atoms with E-state index in [9.17, 15) is 22.4 Å². The van der Waals surface area contributed by atoms with E-state index in [1.54, 1.807) is 0 Å². The van der Waals surface area contributed by atoms with Crippen molar-refractivity contribution in [2.75, 3.05) is 19.7 Å². The molecule has 0 saturated carbocycles. The number of nitrogens with one attached hydrogen (secondary N) is 1. The first kappa shape index (κ1) is 18.1. The van der Waals surface area contributed by atoms with Gasteiger partial charge in [0.2, 0.25) is 5.88 Å². The Morgan fingerprint density at radius 1 is 1.36 bits per heavy atom. The lowest BCUT2D eigenvalue weighted by Crippen LogP contribution is -2.33. The molecule has 1 rings (SSSR count). The van der Waals surface area contributed by atoms with Gasteiger partial charge in [-0.3, -0.25) is 4.79 Å². The number of ether oxygens (including phenoxy) is 1. The third-order valence-electron chi connectivity index (χ3n) is 2.65. The fourth-order valence-corrected chi connectivity index (χ4v) is 1.41. The summed E-state index contributed by atoms with van der Waals surface area (Å²) in [7, 11) is 0. The molecule has 0 spiro atoms. The van der Waals surface area contributed by atoms with Crippen LogP contribution in [-0.2, 0) is 0 Å². The third-order valence-corrected chi connectivity index (χ3v) is 2.65. The van der Waals surface area contributed by atoms with Crippen molar-refractivity contribution >= 4 is 5.91 Å². The number of hydrogen-bond donors (Lipinski definition) is 2. The molecule has 0 unspecified atom stereocenters. The fourth-order valence-electron chi connectivity index (χ4n) is 1.41. The zero-order valence-electron chi connectivity index (χ0n) is 11.7. The van der Waals surface area contributed by atoms with Gasteiger partial charge in [-0.1, -0.05) is 0 Å². The molecule has 0 bridgehead atoms. The van der Waals surface area contributed by atoms with Gasteiger partial charge in [0.25, 0.3) is 5.91 Å². The van der Waals surface area contributed by atoms with E-state index in [0.29, 0.717) is 13.1 Å². The number of unbranched alkanes of at least 4 members (excludes halogenated alkanes) is 1. The number of pyridine rings is 1. The molecule has 5 nitrogen and oxygen atoms in total. The van der Waals surface area contributed by atoms with Crippen LogP contribution in [0.1, 0.15) is 23.2 Å². The maximum Gasteiger partial charge on any atom is 0.340 e. The first-order chi connectivity index (χ1) is 10.4. The average molecular weight is 323 g/mol. The monoisotopic (exact) mass is 323 g/mol. The van der Waals surface area contributed by atoms with Crippen LogP contribution in [0.5, 0.6) is 5.88 Å². The quantitative estimate of drug-likeness (QED) is 0.537. The molecule has 0 saturated heterocycles. The number of carbonyl (C=O) groups is 1. The van der Waals surface area contributed by atoms with Gasteiger partial charge in [-0.05, 0) is 25.5 Å². The molecule has 0 aromatic carbocycles. The van der Waals surface area contributed by atoms with Crippen LogP contribution in [0.2, 0.25) is 0 Å².